The Morgan fingerprint density at radius 3 is 2.85 bits per heavy atom. The van der Waals surface area contributed by atoms with Crippen LogP contribution in [0.15, 0.2) is 35.4 Å². The van der Waals surface area contributed by atoms with E-state index in [0.717, 1.165) is 10.5 Å². The van der Waals surface area contributed by atoms with Gasteiger partial charge in [0.15, 0.2) is 5.82 Å². The Morgan fingerprint density at radius 1 is 1.35 bits per heavy atom. The second-order valence-electron chi connectivity index (χ2n) is 6.15. The fourth-order valence-corrected chi connectivity index (χ4v) is 3.89. The Balaban J connectivity index is 1.70. The van der Waals surface area contributed by atoms with Crippen molar-refractivity contribution in [1.29, 1.82) is 0 Å². The first-order valence-corrected chi connectivity index (χ1v) is 10.1. The average molecular weight is 393 g/mol. The van der Waals surface area contributed by atoms with Crippen LogP contribution < -0.4 is 9.80 Å². The Hall–Kier alpha value is -2.03. The van der Waals surface area contributed by atoms with Gasteiger partial charge in [-0.15, -0.1) is 0 Å². The van der Waals surface area contributed by atoms with E-state index in [2.05, 4.69) is 9.97 Å². The van der Waals surface area contributed by atoms with Gasteiger partial charge in [-0.3, -0.25) is 9.00 Å². The highest BCUT2D eigenvalue weighted by Gasteiger charge is 2.41. The number of fused-ring (bicyclic) bond motifs is 3. The number of carbonyl (C=O) groups excluding carboxylic acids is 1. The van der Waals surface area contributed by atoms with E-state index in [1.54, 1.807) is 17.4 Å². The van der Waals surface area contributed by atoms with Gasteiger partial charge < -0.3 is 14.5 Å². The first-order valence-electron chi connectivity index (χ1n) is 8.15. The topological polar surface area (TPSA) is 75.6 Å². The number of amides is 1. The molecule has 7 nitrogen and oxygen atoms in total. The summed E-state index contributed by atoms with van der Waals surface area (Å²) < 4.78 is 17.0. The lowest BCUT2D eigenvalue weighted by molar-refractivity contribution is -0.122. The van der Waals surface area contributed by atoms with Gasteiger partial charge in [-0.1, -0.05) is 12.1 Å². The molecule has 0 spiro atoms. The molecule has 0 saturated carbocycles. The average Bonchev–Trinajstić information content (AvgIpc) is 2.65. The Bertz CT molecular complexity index is 877. The van der Waals surface area contributed by atoms with E-state index in [-0.39, 0.29) is 11.2 Å². The van der Waals surface area contributed by atoms with E-state index in [0.29, 0.717) is 37.8 Å². The van der Waals surface area contributed by atoms with Crippen LogP contribution in [0.3, 0.4) is 0 Å². The fraction of sp³-hybridized carbons (Fsp3) is 0.353. The maximum Gasteiger partial charge on any atom is 0.252 e. The van der Waals surface area contributed by atoms with Crippen LogP contribution in [0.25, 0.3) is 0 Å². The normalized spacial score (nSPS) is 20.5. The maximum absolute atomic E-state index is 13.1. The molecular formula is C17H17ClN4O3S. The lowest BCUT2D eigenvalue weighted by atomic mass is 10.1. The van der Waals surface area contributed by atoms with Gasteiger partial charge in [-0.2, -0.15) is 4.98 Å². The molecule has 0 bridgehead atoms. The van der Waals surface area contributed by atoms with Crippen molar-refractivity contribution in [2.45, 2.75) is 17.5 Å². The number of ether oxygens (including phenoxy) is 1. The summed E-state index contributed by atoms with van der Waals surface area (Å²) in [6, 6.07) is 6.98. The molecule has 2 aromatic rings. The maximum atomic E-state index is 13.1. The largest absolute Gasteiger partial charge is 0.377 e. The number of aromatic nitrogens is 2. The summed E-state index contributed by atoms with van der Waals surface area (Å²) in [5.41, 5.74) is 1.57. The first-order chi connectivity index (χ1) is 12.5. The molecule has 0 aliphatic carbocycles. The summed E-state index contributed by atoms with van der Waals surface area (Å²) in [6.07, 6.45) is 3.22. The number of halogens is 1. The van der Waals surface area contributed by atoms with Crippen molar-refractivity contribution in [3.05, 3.63) is 41.3 Å². The van der Waals surface area contributed by atoms with Crippen LogP contribution in [-0.2, 0) is 26.9 Å². The molecule has 2 atom stereocenters. The van der Waals surface area contributed by atoms with Crippen LogP contribution in [0.4, 0.5) is 11.5 Å². The van der Waals surface area contributed by atoms with E-state index in [9.17, 15) is 9.00 Å². The van der Waals surface area contributed by atoms with Crippen molar-refractivity contribution < 1.29 is 13.7 Å². The number of morpholine rings is 1. The summed E-state index contributed by atoms with van der Waals surface area (Å²) >= 11 is 5.99. The highest BCUT2D eigenvalue weighted by Crippen LogP contribution is 2.36. The van der Waals surface area contributed by atoms with Crippen LogP contribution in [0.5, 0.6) is 0 Å². The third-order valence-corrected chi connectivity index (χ3v) is 5.68. The second kappa shape index (κ2) is 6.94. The lowest BCUT2D eigenvalue weighted by Crippen LogP contribution is -2.58. The lowest BCUT2D eigenvalue weighted by Gasteiger charge is -2.43. The minimum Gasteiger partial charge on any atom is -0.377 e. The third-order valence-electron chi connectivity index (χ3n) is 4.56. The van der Waals surface area contributed by atoms with Gasteiger partial charge in [0, 0.05) is 28.5 Å². The van der Waals surface area contributed by atoms with Crippen LogP contribution in [-0.4, -0.2) is 52.1 Å². The number of rotatable bonds is 3. The number of hydrogen-bond acceptors (Lipinski definition) is 6. The molecule has 1 amide bonds. The highest BCUT2D eigenvalue weighted by molar-refractivity contribution is 7.84. The van der Waals surface area contributed by atoms with Gasteiger partial charge in [0.1, 0.15) is 11.7 Å². The highest BCUT2D eigenvalue weighted by atomic mass is 35.5. The molecule has 1 aromatic heterocycles. The number of anilines is 2. The molecule has 9 heteroatoms. The van der Waals surface area contributed by atoms with Gasteiger partial charge >= 0.3 is 0 Å². The molecule has 1 aromatic carbocycles. The van der Waals surface area contributed by atoms with Crippen molar-refractivity contribution in [3.8, 4) is 0 Å². The fourth-order valence-electron chi connectivity index (χ4n) is 3.24. The van der Waals surface area contributed by atoms with Gasteiger partial charge in [-0.05, 0) is 29.3 Å². The van der Waals surface area contributed by atoms with E-state index in [1.165, 1.54) is 0 Å². The standard InChI is InChI=1S/C17H17ClN4O3S/c1-26(24)12-4-2-11(3-5-12)9-22-13-8-19-17(18)20-15(13)21-6-7-25-10-14(21)16(22)23/h2-5,8,14H,6-7,9-10H2,1H3. The van der Waals surface area contributed by atoms with Crippen LogP contribution >= 0.6 is 11.6 Å². The van der Waals surface area contributed by atoms with E-state index in [1.807, 2.05) is 29.2 Å². The quantitative estimate of drug-likeness (QED) is 0.739. The molecule has 1 fully saturated rings. The van der Waals surface area contributed by atoms with Crippen molar-refractivity contribution in [2.24, 2.45) is 0 Å². The predicted molar refractivity (Wildman–Crippen MR) is 99.0 cm³/mol. The van der Waals surface area contributed by atoms with Crippen molar-refractivity contribution in [3.63, 3.8) is 0 Å². The van der Waals surface area contributed by atoms with Crippen molar-refractivity contribution >= 4 is 39.8 Å². The first kappa shape index (κ1) is 17.4. The third kappa shape index (κ3) is 3.08. The predicted octanol–water partition coefficient (Wildman–Crippen LogP) is 1.62. The molecular weight excluding hydrogens is 376 g/mol. The molecule has 2 aliphatic heterocycles. The molecule has 4 rings (SSSR count). The number of benzene rings is 1. The van der Waals surface area contributed by atoms with E-state index >= 15 is 0 Å². The molecule has 0 N–H and O–H groups in total. The van der Waals surface area contributed by atoms with Gasteiger partial charge in [-0.25, -0.2) is 4.98 Å². The molecule has 0 radical (unpaired) electrons. The Kier molecular flexibility index (Phi) is 4.64. The minimum atomic E-state index is -1.03. The molecule has 136 valence electrons. The number of hydrogen-bond donors (Lipinski definition) is 0. The summed E-state index contributed by atoms with van der Waals surface area (Å²) in [5.74, 6) is 0.607. The Morgan fingerprint density at radius 2 is 2.12 bits per heavy atom. The Labute approximate surface area is 158 Å². The van der Waals surface area contributed by atoms with Crippen molar-refractivity contribution in [1.82, 2.24) is 9.97 Å². The van der Waals surface area contributed by atoms with E-state index in [4.69, 9.17) is 16.3 Å². The molecule has 26 heavy (non-hydrogen) atoms. The SMILES string of the molecule is CS(=O)c1ccc(CN2C(=O)C3COCCN3c3nc(Cl)ncc32)cc1. The van der Waals surface area contributed by atoms with E-state index < -0.39 is 16.8 Å². The zero-order chi connectivity index (χ0) is 18.3. The second-order valence-corrected chi connectivity index (χ2v) is 7.87. The summed E-state index contributed by atoms with van der Waals surface area (Å²) in [4.78, 5) is 25.8. The summed E-state index contributed by atoms with van der Waals surface area (Å²) in [7, 11) is -1.03. The molecule has 2 unspecified atom stereocenters. The number of nitrogens with zero attached hydrogens (tertiary/aromatic N) is 4. The molecule has 3 heterocycles. The monoisotopic (exact) mass is 392 g/mol. The zero-order valence-corrected chi connectivity index (χ0v) is 15.7. The summed E-state index contributed by atoms with van der Waals surface area (Å²) in [5, 5.41) is 0.151. The van der Waals surface area contributed by atoms with Gasteiger partial charge in [0.2, 0.25) is 5.28 Å². The smallest absolute Gasteiger partial charge is 0.252 e. The summed E-state index contributed by atoms with van der Waals surface area (Å²) in [6.45, 7) is 1.82. The minimum absolute atomic E-state index is 0.0498. The van der Waals surface area contributed by atoms with Crippen LogP contribution in [0.1, 0.15) is 5.56 Å². The van der Waals surface area contributed by atoms with Gasteiger partial charge in [0.25, 0.3) is 5.91 Å². The van der Waals surface area contributed by atoms with Crippen LogP contribution in [0, 0.1) is 0 Å². The number of carbonyl (C=O) groups is 1. The van der Waals surface area contributed by atoms with Crippen LogP contribution in [0.2, 0.25) is 5.28 Å². The molecule has 2 aliphatic rings. The molecule has 1 saturated heterocycles. The van der Waals surface area contributed by atoms with Crippen molar-refractivity contribution in [2.75, 3.05) is 35.8 Å². The van der Waals surface area contributed by atoms with Gasteiger partial charge in [0.05, 0.1) is 26.0 Å². The zero-order valence-electron chi connectivity index (χ0n) is 14.1.